The second-order valence-electron chi connectivity index (χ2n) is 2.83. The van der Waals surface area contributed by atoms with Crippen molar-refractivity contribution in [1.29, 1.82) is 0 Å². The van der Waals surface area contributed by atoms with Crippen LogP contribution in [0.4, 0.5) is 0 Å². The van der Waals surface area contributed by atoms with Gasteiger partial charge in [0.15, 0.2) is 0 Å². The van der Waals surface area contributed by atoms with E-state index in [2.05, 4.69) is 49.6 Å². The Balaban J connectivity index is 0.000000500. The molecule has 0 unspecified atom stereocenters. The molecule has 0 N–H and O–H groups in total. The first-order valence-electron chi connectivity index (χ1n) is 4.87. The molecule has 0 aromatic heterocycles. The maximum Gasteiger partial charge on any atom is 0.0245 e. The molecular weight excluding hydrogens is 168 g/mol. The Morgan fingerprint density at radius 1 is 1.29 bits per heavy atom. The largest absolute Gasteiger partial charge is 0.103 e. The highest BCUT2D eigenvalue weighted by Gasteiger charge is 1.87. The fourth-order valence-electron chi connectivity index (χ4n) is 0.968. The number of hydrogen-bond donors (Lipinski definition) is 0. The summed E-state index contributed by atoms with van der Waals surface area (Å²) in [5, 5.41) is 0. The van der Waals surface area contributed by atoms with Crippen LogP contribution in [0.5, 0.6) is 0 Å². The molecule has 0 saturated carbocycles. The van der Waals surface area contributed by atoms with E-state index < -0.39 is 0 Å². The highest BCUT2D eigenvalue weighted by atomic mass is 13.9. The van der Waals surface area contributed by atoms with Crippen LogP contribution in [0.25, 0.3) is 0 Å². The SMILES string of the molecule is C=CC.CC#Cc1ccc(CC)cc1. The molecule has 0 fully saturated rings. The van der Waals surface area contributed by atoms with Gasteiger partial charge in [0.25, 0.3) is 0 Å². The van der Waals surface area contributed by atoms with Gasteiger partial charge in [-0.3, -0.25) is 0 Å². The van der Waals surface area contributed by atoms with Crippen molar-refractivity contribution in [1.82, 2.24) is 0 Å². The third-order valence-electron chi connectivity index (χ3n) is 1.63. The zero-order valence-corrected chi connectivity index (χ0v) is 9.30. The monoisotopic (exact) mass is 186 g/mol. The van der Waals surface area contributed by atoms with E-state index in [1.807, 2.05) is 13.8 Å². The summed E-state index contributed by atoms with van der Waals surface area (Å²) in [6, 6.07) is 8.38. The summed E-state index contributed by atoms with van der Waals surface area (Å²) in [6.07, 6.45) is 2.85. The van der Waals surface area contributed by atoms with Crippen molar-refractivity contribution in [3.8, 4) is 11.8 Å². The Morgan fingerprint density at radius 3 is 2.14 bits per heavy atom. The van der Waals surface area contributed by atoms with Gasteiger partial charge in [-0.25, -0.2) is 0 Å². The van der Waals surface area contributed by atoms with E-state index in [4.69, 9.17) is 0 Å². The predicted molar refractivity (Wildman–Crippen MR) is 64.2 cm³/mol. The third-order valence-corrected chi connectivity index (χ3v) is 1.63. The molecule has 0 bridgehead atoms. The minimum absolute atomic E-state index is 1.10. The van der Waals surface area contributed by atoms with Gasteiger partial charge in [-0.1, -0.05) is 31.1 Å². The van der Waals surface area contributed by atoms with Gasteiger partial charge >= 0.3 is 0 Å². The molecule has 1 rings (SSSR count). The molecule has 0 radical (unpaired) electrons. The molecule has 74 valence electrons. The molecule has 0 saturated heterocycles. The van der Waals surface area contributed by atoms with Gasteiger partial charge in [-0.15, -0.1) is 12.5 Å². The quantitative estimate of drug-likeness (QED) is 0.462. The van der Waals surface area contributed by atoms with Crippen LogP contribution in [0, 0.1) is 11.8 Å². The minimum Gasteiger partial charge on any atom is -0.103 e. The molecule has 1 aromatic rings. The molecule has 0 heteroatoms. The van der Waals surface area contributed by atoms with Crippen LogP contribution in [0.15, 0.2) is 36.9 Å². The van der Waals surface area contributed by atoms with E-state index in [9.17, 15) is 0 Å². The standard InChI is InChI=1S/C11H12.C3H6/c1-3-5-11-8-6-10(4-2)7-9-11;1-3-2/h6-9H,4H2,1-2H3;3H,1H2,2H3. The molecule has 1 aromatic carbocycles. The average Bonchev–Trinajstić information content (AvgIpc) is 2.21. The second kappa shape index (κ2) is 8.13. The van der Waals surface area contributed by atoms with Crippen LogP contribution in [0.2, 0.25) is 0 Å². The molecule has 0 nitrogen and oxygen atoms in total. The van der Waals surface area contributed by atoms with Gasteiger partial charge in [-0.05, 0) is 38.0 Å². The number of benzene rings is 1. The Labute approximate surface area is 87.7 Å². The summed E-state index contributed by atoms with van der Waals surface area (Å²) in [5.74, 6) is 5.88. The van der Waals surface area contributed by atoms with Crippen molar-refractivity contribution < 1.29 is 0 Å². The van der Waals surface area contributed by atoms with Crippen molar-refractivity contribution in [3.05, 3.63) is 48.0 Å². The van der Waals surface area contributed by atoms with E-state index in [-0.39, 0.29) is 0 Å². The lowest BCUT2D eigenvalue weighted by molar-refractivity contribution is 1.14. The number of allylic oxidation sites excluding steroid dienone is 1. The normalized spacial score (nSPS) is 7.64. The summed E-state index contributed by atoms with van der Waals surface area (Å²) >= 11 is 0. The first-order chi connectivity index (χ1) is 6.78. The second-order valence-corrected chi connectivity index (χ2v) is 2.83. The van der Waals surface area contributed by atoms with Crippen molar-refractivity contribution in [2.24, 2.45) is 0 Å². The first kappa shape index (κ1) is 12.5. The molecule has 0 aliphatic carbocycles. The number of hydrogen-bond acceptors (Lipinski definition) is 0. The van der Waals surface area contributed by atoms with E-state index >= 15 is 0 Å². The number of aryl methyl sites for hydroxylation is 1. The molecule has 0 spiro atoms. The Morgan fingerprint density at radius 2 is 1.79 bits per heavy atom. The lowest BCUT2D eigenvalue weighted by atomic mass is 10.1. The number of rotatable bonds is 1. The van der Waals surface area contributed by atoms with Crippen LogP contribution in [0.3, 0.4) is 0 Å². The highest BCUT2D eigenvalue weighted by Crippen LogP contribution is 2.03. The predicted octanol–water partition coefficient (Wildman–Crippen LogP) is 3.81. The van der Waals surface area contributed by atoms with E-state index in [1.165, 1.54) is 5.56 Å². The molecule has 0 aliphatic heterocycles. The van der Waals surface area contributed by atoms with E-state index in [0.717, 1.165) is 12.0 Å². The molecule has 14 heavy (non-hydrogen) atoms. The molecular formula is C14H18. The first-order valence-corrected chi connectivity index (χ1v) is 4.87. The van der Waals surface area contributed by atoms with Gasteiger partial charge in [0.05, 0.1) is 0 Å². The lowest BCUT2D eigenvalue weighted by Crippen LogP contribution is -1.79. The summed E-state index contributed by atoms with van der Waals surface area (Å²) < 4.78 is 0. The van der Waals surface area contributed by atoms with E-state index in [1.54, 1.807) is 6.08 Å². The fraction of sp³-hybridized carbons (Fsp3) is 0.286. The van der Waals surface area contributed by atoms with Crippen molar-refractivity contribution in [2.45, 2.75) is 27.2 Å². The third kappa shape index (κ3) is 5.22. The Hall–Kier alpha value is -1.48. The highest BCUT2D eigenvalue weighted by molar-refractivity contribution is 5.35. The van der Waals surface area contributed by atoms with Crippen molar-refractivity contribution in [2.75, 3.05) is 0 Å². The van der Waals surface area contributed by atoms with Gasteiger partial charge in [-0.2, -0.15) is 0 Å². The Kier molecular flexibility index (Phi) is 7.27. The van der Waals surface area contributed by atoms with E-state index in [0.29, 0.717) is 0 Å². The molecule has 0 amide bonds. The summed E-state index contributed by atoms with van der Waals surface area (Å²) in [5.41, 5.74) is 2.47. The average molecular weight is 186 g/mol. The molecule has 0 atom stereocenters. The van der Waals surface area contributed by atoms with Crippen molar-refractivity contribution in [3.63, 3.8) is 0 Å². The minimum atomic E-state index is 1.10. The summed E-state index contributed by atoms with van der Waals surface area (Å²) in [6.45, 7) is 9.26. The zero-order valence-electron chi connectivity index (χ0n) is 9.30. The zero-order chi connectivity index (χ0) is 10.8. The summed E-state index contributed by atoms with van der Waals surface area (Å²) in [4.78, 5) is 0. The smallest absolute Gasteiger partial charge is 0.0245 e. The van der Waals surface area contributed by atoms with Gasteiger partial charge in [0.1, 0.15) is 0 Å². The van der Waals surface area contributed by atoms with Crippen molar-refractivity contribution >= 4 is 0 Å². The Bertz CT molecular complexity index is 306. The molecule has 0 heterocycles. The molecule has 0 aliphatic rings. The topological polar surface area (TPSA) is 0 Å². The van der Waals surface area contributed by atoms with Gasteiger partial charge < -0.3 is 0 Å². The van der Waals surface area contributed by atoms with Crippen LogP contribution in [-0.4, -0.2) is 0 Å². The fourth-order valence-corrected chi connectivity index (χ4v) is 0.968. The summed E-state index contributed by atoms with van der Waals surface area (Å²) in [7, 11) is 0. The maximum absolute atomic E-state index is 3.36. The van der Waals surface area contributed by atoms with Crippen LogP contribution < -0.4 is 0 Å². The van der Waals surface area contributed by atoms with Crippen LogP contribution >= 0.6 is 0 Å². The van der Waals surface area contributed by atoms with Gasteiger partial charge in [0.2, 0.25) is 0 Å². The maximum atomic E-state index is 3.36. The van der Waals surface area contributed by atoms with Gasteiger partial charge in [0, 0.05) is 5.56 Å². The van der Waals surface area contributed by atoms with Crippen LogP contribution in [0.1, 0.15) is 31.9 Å². The van der Waals surface area contributed by atoms with Crippen LogP contribution in [-0.2, 0) is 6.42 Å². The lowest BCUT2D eigenvalue weighted by Gasteiger charge is -1.94.